The maximum absolute atomic E-state index is 13.5. The van der Waals surface area contributed by atoms with Crippen molar-refractivity contribution in [3.05, 3.63) is 35.4 Å². The van der Waals surface area contributed by atoms with Crippen molar-refractivity contribution in [2.24, 2.45) is 0 Å². The lowest BCUT2D eigenvalue weighted by Crippen LogP contribution is -2.54. The maximum Gasteiger partial charge on any atom is 0.416 e. The van der Waals surface area contributed by atoms with E-state index in [0.29, 0.717) is 37.8 Å². The summed E-state index contributed by atoms with van der Waals surface area (Å²) in [5.74, 6) is -0.190. The fourth-order valence-corrected chi connectivity index (χ4v) is 5.26. The molecule has 1 atom stereocenters. The minimum Gasteiger partial charge on any atom is -0.340 e. The van der Waals surface area contributed by atoms with Crippen LogP contribution in [0.15, 0.2) is 24.3 Å². The van der Waals surface area contributed by atoms with Crippen LogP contribution in [-0.2, 0) is 26.4 Å². The van der Waals surface area contributed by atoms with Crippen molar-refractivity contribution in [1.82, 2.24) is 9.62 Å². The number of rotatable bonds is 4. The fourth-order valence-electron chi connectivity index (χ4n) is 4.46. The lowest BCUT2D eigenvalue weighted by atomic mass is 9.76. The Labute approximate surface area is 163 Å². The molecule has 156 valence electrons. The number of hydrogen-bond donors (Lipinski definition) is 1. The average molecular weight is 418 g/mol. The Hall–Kier alpha value is -1.61. The number of piperidine rings is 1. The van der Waals surface area contributed by atoms with Crippen LogP contribution in [0.4, 0.5) is 13.2 Å². The predicted octanol–water partition coefficient (Wildman–Crippen LogP) is 3.06. The van der Waals surface area contributed by atoms with Gasteiger partial charge in [0.2, 0.25) is 15.9 Å². The summed E-state index contributed by atoms with van der Waals surface area (Å²) in [4.78, 5) is 15.1. The van der Waals surface area contributed by atoms with Gasteiger partial charge in [-0.2, -0.15) is 13.2 Å². The quantitative estimate of drug-likeness (QED) is 0.817. The number of carbonyl (C=O) groups is 1. The van der Waals surface area contributed by atoms with E-state index in [9.17, 15) is 26.4 Å². The molecule has 1 aromatic carbocycles. The van der Waals surface area contributed by atoms with Gasteiger partial charge in [-0.05, 0) is 37.3 Å². The van der Waals surface area contributed by atoms with Gasteiger partial charge >= 0.3 is 6.18 Å². The Morgan fingerprint density at radius 2 is 1.89 bits per heavy atom. The summed E-state index contributed by atoms with van der Waals surface area (Å²) in [6.45, 7) is 0.730. The van der Waals surface area contributed by atoms with Crippen LogP contribution in [0.1, 0.15) is 49.7 Å². The van der Waals surface area contributed by atoms with Gasteiger partial charge in [0.05, 0.1) is 17.2 Å². The summed E-state index contributed by atoms with van der Waals surface area (Å²) in [7, 11) is -3.39. The van der Waals surface area contributed by atoms with Crippen molar-refractivity contribution in [3.63, 3.8) is 0 Å². The van der Waals surface area contributed by atoms with Crippen LogP contribution in [0.2, 0.25) is 0 Å². The number of halogens is 3. The second kappa shape index (κ2) is 7.67. The van der Waals surface area contributed by atoms with Crippen molar-refractivity contribution in [3.8, 4) is 0 Å². The first-order valence-electron chi connectivity index (χ1n) is 9.46. The Bertz CT molecular complexity index is 833. The number of sulfonamides is 1. The van der Waals surface area contributed by atoms with Crippen molar-refractivity contribution < 1.29 is 26.4 Å². The van der Waals surface area contributed by atoms with E-state index in [4.69, 9.17) is 0 Å². The van der Waals surface area contributed by atoms with Crippen LogP contribution in [0, 0.1) is 0 Å². The van der Waals surface area contributed by atoms with Gasteiger partial charge in [-0.1, -0.05) is 31.0 Å². The molecular formula is C19H25F3N2O3S. The summed E-state index contributed by atoms with van der Waals surface area (Å²) >= 11 is 0. The average Bonchev–Trinajstić information content (AvgIpc) is 3.10. The largest absolute Gasteiger partial charge is 0.416 e. The number of benzene rings is 1. The summed E-state index contributed by atoms with van der Waals surface area (Å²) in [6.07, 6.45) is 0.470. The van der Waals surface area contributed by atoms with Crippen LogP contribution in [0.3, 0.4) is 0 Å². The topological polar surface area (TPSA) is 66.5 Å². The molecule has 3 rings (SSSR count). The lowest BCUT2D eigenvalue weighted by molar-refractivity contribution is -0.140. The number of likely N-dealkylation sites (tertiary alicyclic amines) is 1. The fraction of sp³-hybridized carbons (Fsp3) is 0.632. The highest BCUT2D eigenvalue weighted by molar-refractivity contribution is 7.88. The van der Waals surface area contributed by atoms with Gasteiger partial charge in [-0.15, -0.1) is 0 Å². The first-order valence-corrected chi connectivity index (χ1v) is 11.3. The highest BCUT2D eigenvalue weighted by atomic mass is 32.2. The van der Waals surface area contributed by atoms with E-state index in [1.54, 1.807) is 11.0 Å². The second-order valence-corrected chi connectivity index (χ2v) is 9.63. The van der Waals surface area contributed by atoms with E-state index in [-0.39, 0.29) is 18.5 Å². The number of nitrogens with zero attached hydrogens (tertiary/aromatic N) is 1. The molecule has 9 heteroatoms. The van der Waals surface area contributed by atoms with Gasteiger partial charge in [-0.3, -0.25) is 4.79 Å². The lowest BCUT2D eigenvalue weighted by Gasteiger charge is -2.39. The van der Waals surface area contributed by atoms with Gasteiger partial charge in [-0.25, -0.2) is 13.1 Å². The molecular weight excluding hydrogens is 393 g/mol. The SMILES string of the molecule is CS(=O)(=O)NC1CCCN(C(=O)C2(c3cccc(C(F)(F)F)c3)CCCC2)C1. The van der Waals surface area contributed by atoms with Gasteiger partial charge in [0.15, 0.2) is 0 Å². The molecule has 1 aliphatic carbocycles. The Morgan fingerprint density at radius 3 is 2.50 bits per heavy atom. The third-order valence-electron chi connectivity index (χ3n) is 5.70. The number of nitrogens with one attached hydrogen (secondary N) is 1. The van der Waals surface area contributed by atoms with Gasteiger partial charge in [0, 0.05) is 19.1 Å². The molecule has 1 N–H and O–H groups in total. The molecule has 1 saturated carbocycles. The summed E-state index contributed by atoms with van der Waals surface area (Å²) < 4.78 is 65.1. The first-order chi connectivity index (χ1) is 13.0. The molecule has 5 nitrogen and oxygen atoms in total. The van der Waals surface area contributed by atoms with Crippen LogP contribution < -0.4 is 4.72 Å². The number of carbonyl (C=O) groups excluding carboxylic acids is 1. The highest BCUT2D eigenvalue weighted by Crippen LogP contribution is 2.44. The van der Waals surface area contributed by atoms with E-state index in [2.05, 4.69) is 4.72 Å². The van der Waals surface area contributed by atoms with Crippen LogP contribution in [0.5, 0.6) is 0 Å². The van der Waals surface area contributed by atoms with Crippen LogP contribution >= 0.6 is 0 Å². The first kappa shape index (κ1) is 21.1. The molecule has 1 heterocycles. The third-order valence-corrected chi connectivity index (χ3v) is 6.46. The molecule has 1 amide bonds. The van der Waals surface area contributed by atoms with E-state index >= 15 is 0 Å². The van der Waals surface area contributed by atoms with Crippen molar-refractivity contribution in [2.75, 3.05) is 19.3 Å². The molecule has 1 saturated heterocycles. The van der Waals surface area contributed by atoms with Crippen molar-refractivity contribution in [2.45, 2.75) is 56.2 Å². The summed E-state index contributed by atoms with van der Waals surface area (Å²) in [5, 5.41) is 0. The Kier molecular flexibility index (Phi) is 5.78. The standard InChI is InChI=1S/C19H25F3N2O3S/c1-28(26,27)23-16-8-5-11-24(13-16)17(25)18(9-2-3-10-18)14-6-4-7-15(12-14)19(20,21)22/h4,6-7,12,16,23H,2-3,5,8-11,13H2,1H3. The molecule has 1 aliphatic heterocycles. The van der Waals surface area contributed by atoms with E-state index in [1.807, 2.05) is 0 Å². The van der Waals surface area contributed by atoms with Gasteiger partial charge < -0.3 is 4.90 Å². The number of amides is 1. The molecule has 28 heavy (non-hydrogen) atoms. The molecule has 1 unspecified atom stereocenters. The smallest absolute Gasteiger partial charge is 0.340 e. The minimum atomic E-state index is -4.46. The Morgan fingerprint density at radius 1 is 1.21 bits per heavy atom. The summed E-state index contributed by atoms with van der Waals surface area (Å²) in [6, 6.07) is 4.71. The predicted molar refractivity (Wildman–Crippen MR) is 99.2 cm³/mol. The zero-order chi connectivity index (χ0) is 20.6. The van der Waals surface area contributed by atoms with Crippen LogP contribution in [-0.4, -0.2) is 44.6 Å². The van der Waals surface area contributed by atoms with E-state index < -0.39 is 27.2 Å². The summed E-state index contributed by atoms with van der Waals surface area (Å²) in [5.41, 5.74) is -1.31. The highest BCUT2D eigenvalue weighted by Gasteiger charge is 2.46. The molecule has 1 aromatic rings. The molecule has 0 bridgehead atoms. The normalized spacial score (nSPS) is 23.0. The number of alkyl halides is 3. The zero-order valence-electron chi connectivity index (χ0n) is 15.8. The van der Waals surface area contributed by atoms with Crippen molar-refractivity contribution in [1.29, 1.82) is 0 Å². The minimum absolute atomic E-state index is 0.190. The van der Waals surface area contributed by atoms with Crippen LogP contribution in [0.25, 0.3) is 0 Å². The monoisotopic (exact) mass is 418 g/mol. The van der Waals surface area contributed by atoms with Crippen molar-refractivity contribution >= 4 is 15.9 Å². The zero-order valence-corrected chi connectivity index (χ0v) is 16.6. The molecule has 0 aromatic heterocycles. The van der Waals surface area contributed by atoms with E-state index in [1.165, 1.54) is 6.07 Å². The van der Waals surface area contributed by atoms with E-state index in [0.717, 1.165) is 31.2 Å². The molecule has 0 radical (unpaired) electrons. The maximum atomic E-state index is 13.5. The van der Waals surface area contributed by atoms with Gasteiger partial charge in [0.25, 0.3) is 0 Å². The molecule has 2 aliphatic rings. The Balaban J connectivity index is 1.88. The third kappa shape index (κ3) is 4.51. The van der Waals surface area contributed by atoms with Gasteiger partial charge in [0.1, 0.15) is 0 Å². The molecule has 0 spiro atoms. The molecule has 2 fully saturated rings. The second-order valence-electron chi connectivity index (χ2n) is 7.85. The number of hydrogen-bond acceptors (Lipinski definition) is 3.